The number of rotatable bonds is 6. The Hall–Kier alpha value is -3.01. The molecule has 0 saturated carbocycles. The van der Waals surface area contributed by atoms with Gasteiger partial charge in [-0.25, -0.2) is 8.42 Å². The van der Waals surface area contributed by atoms with Crippen molar-refractivity contribution in [3.63, 3.8) is 0 Å². The summed E-state index contributed by atoms with van der Waals surface area (Å²) in [5, 5.41) is 17.5. The molecule has 0 bridgehead atoms. The first-order chi connectivity index (χ1) is 12.0. The molecule has 0 unspecified atom stereocenters. The van der Waals surface area contributed by atoms with Gasteiger partial charge in [-0.3, -0.25) is 14.8 Å². The van der Waals surface area contributed by atoms with Gasteiger partial charge in [-0.05, 0) is 37.6 Å². The minimum Gasteiger partial charge on any atom is -0.364 e. The molecule has 0 fully saturated rings. The number of hydrogen-bond acceptors (Lipinski definition) is 7. The molecule has 0 atom stereocenters. The summed E-state index contributed by atoms with van der Waals surface area (Å²) in [7, 11) is -3.77. The van der Waals surface area contributed by atoms with Gasteiger partial charge in [-0.2, -0.15) is 5.10 Å². The minimum atomic E-state index is -3.77. The molecule has 3 N–H and O–H groups in total. The molecular formula is C15H17N7O2S. The van der Waals surface area contributed by atoms with Gasteiger partial charge in [0, 0.05) is 18.9 Å². The van der Waals surface area contributed by atoms with Crippen LogP contribution in [0.3, 0.4) is 0 Å². The Balaban J connectivity index is 1.68. The Labute approximate surface area is 145 Å². The van der Waals surface area contributed by atoms with Crippen LogP contribution in [0.25, 0.3) is 0 Å². The molecule has 0 spiro atoms. The molecular weight excluding hydrogens is 342 g/mol. The summed E-state index contributed by atoms with van der Waals surface area (Å²) in [6.45, 7) is 3.81. The predicted octanol–water partition coefficient (Wildman–Crippen LogP) is 1.62. The van der Waals surface area contributed by atoms with Crippen molar-refractivity contribution >= 4 is 21.7 Å². The van der Waals surface area contributed by atoms with Crippen LogP contribution < -0.4 is 10.0 Å². The van der Waals surface area contributed by atoms with E-state index in [-0.39, 0.29) is 10.7 Å². The van der Waals surface area contributed by atoms with Crippen molar-refractivity contribution in [2.24, 2.45) is 0 Å². The molecule has 3 aromatic heterocycles. The summed E-state index contributed by atoms with van der Waals surface area (Å²) in [5.41, 5.74) is 1.86. The Morgan fingerprint density at radius 3 is 2.48 bits per heavy atom. The van der Waals surface area contributed by atoms with Crippen LogP contribution in [-0.2, 0) is 16.6 Å². The van der Waals surface area contributed by atoms with Crippen LogP contribution in [0.1, 0.15) is 17.0 Å². The first kappa shape index (κ1) is 16.8. The van der Waals surface area contributed by atoms with Crippen molar-refractivity contribution in [1.29, 1.82) is 0 Å². The Bertz CT molecular complexity index is 934. The predicted molar refractivity (Wildman–Crippen MR) is 92.5 cm³/mol. The number of aromatic amines is 1. The van der Waals surface area contributed by atoms with Gasteiger partial charge in [0.1, 0.15) is 10.7 Å². The van der Waals surface area contributed by atoms with Crippen molar-refractivity contribution in [1.82, 2.24) is 25.4 Å². The van der Waals surface area contributed by atoms with E-state index in [1.165, 1.54) is 0 Å². The molecule has 0 radical (unpaired) electrons. The molecule has 9 nitrogen and oxygen atoms in total. The summed E-state index contributed by atoms with van der Waals surface area (Å²) in [6, 6.07) is 6.98. The van der Waals surface area contributed by atoms with Crippen LogP contribution in [0.5, 0.6) is 0 Å². The zero-order valence-corrected chi connectivity index (χ0v) is 14.5. The van der Waals surface area contributed by atoms with E-state index in [1.807, 2.05) is 12.1 Å². The van der Waals surface area contributed by atoms with Gasteiger partial charge in [0.2, 0.25) is 0 Å². The largest absolute Gasteiger partial charge is 0.364 e. The van der Waals surface area contributed by atoms with Crippen LogP contribution in [0.4, 0.5) is 11.6 Å². The summed E-state index contributed by atoms with van der Waals surface area (Å²) in [4.78, 5) is 4.15. The normalized spacial score (nSPS) is 11.3. The van der Waals surface area contributed by atoms with Crippen LogP contribution >= 0.6 is 0 Å². The van der Waals surface area contributed by atoms with Gasteiger partial charge in [0.25, 0.3) is 10.0 Å². The molecule has 3 aromatic rings. The highest BCUT2D eigenvalue weighted by Gasteiger charge is 2.22. The van der Waals surface area contributed by atoms with Gasteiger partial charge in [0.15, 0.2) is 5.82 Å². The Morgan fingerprint density at radius 1 is 1.12 bits per heavy atom. The first-order valence-corrected chi connectivity index (χ1v) is 8.95. The fourth-order valence-corrected chi connectivity index (χ4v) is 3.67. The quantitative estimate of drug-likeness (QED) is 0.610. The van der Waals surface area contributed by atoms with E-state index < -0.39 is 10.0 Å². The maximum Gasteiger partial charge on any atom is 0.266 e. The highest BCUT2D eigenvalue weighted by Crippen LogP contribution is 2.19. The SMILES string of the molecule is Cc1n[nH]c(C)c1S(=O)(=O)Nc1ccc(NCc2cccnc2)nn1. The monoisotopic (exact) mass is 359 g/mol. The standard InChI is InChI=1S/C15H17N7O2S/c1-10-15(11(2)19-18-10)25(23,24)22-14-6-5-13(20-21-14)17-9-12-4-3-7-16-8-12/h3-8H,9H2,1-2H3,(H,17,20)(H,18,19)(H,21,22). The minimum absolute atomic E-state index is 0.119. The smallest absolute Gasteiger partial charge is 0.266 e. The second-order valence-corrected chi connectivity index (χ2v) is 7.01. The second kappa shape index (κ2) is 6.85. The molecule has 0 amide bonds. The fraction of sp³-hybridized carbons (Fsp3) is 0.200. The van der Waals surface area contributed by atoms with E-state index in [9.17, 15) is 8.42 Å². The van der Waals surface area contributed by atoms with Gasteiger partial charge in [0.05, 0.1) is 11.4 Å². The molecule has 25 heavy (non-hydrogen) atoms. The fourth-order valence-electron chi connectivity index (χ4n) is 2.30. The molecule has 0 aliphatic rings. The van der Waals surface area contributed by atoms with Crippen LogP contribution in [-0.4, -0.2) is 33.8 Å². The molecule has 3 heterocycles. The number of anilines is 2. The zero-order valence-electron chi connectivity index (χ0n) is 13.7. The number of H-pyrrole nitrogens is 1. The van der Waals surface area contributed by atoms with Crippen molar-refractivity contribution in [2.45, 2.75) is 25.3 Å². The van der Waals surface area contributed by atoms with Crippen LogP contribution in [0, 0.1) is 13.8 Å². The molecule has 10 heteroatoms. The summed E-state index contributed by atoms with van der Waals surface area (Å²) in [5.74, 6) is 0.661. The van der Waals surface area contributed by atoms with Crippen molar-refractivity contribution in [2.75, 3.05) is 10.0 Å². The molecule has 0 saturated heterocycles. The van der Waals surface area contributed by atoms with E-state index in [0.29, 0.717) is 23.8 Å². The summed E-state index contributed by atoms with van der Waals surface area (Å²) >= 11 is 0. The van der Waals surface area contributed by atoms with Gasteiger partial charge >= 0.3 is 0 Å². The highest BCUT2D eigenvalue weighted by molar-refractivity contribution is 7.92. The average Bonchev–Trinajstić information content (AvgIpc) is 2.94. The molecule has 0 aromatic carbocycles. The van der Waals surface area contributed by atoms with E-state index in [0.717, 1.165) is 5.56 Å². The molecule has 0 aliphatic carbocycles. The summed E-state index contributed by atoms with van der Waals surface area (Å²) < 4.78 is 27.3. The van der Waals surface area contributed by atoms with E-state index in [4.69, 9.17) is 0 Å². The lowest BCUT2D eigenvalue weighted by atomic mass is 10.3. The van der Waals surface area contributed by atoms with E-state index >= 15 is 0 Å². The summed E-state index contributed by atoms with van der Waals surface area (Å²) in [6.07, 6.45) is 3.45. The maximum atomic E-state index is 12.4. The second-order valence-electron chi connectivity index (χ2n) is 5.39. The Morgan fingerprint density at radius 2 is 1.88 bits per heavy atom. The Kier molecular flexibility index (Phi) is 4.61. The van der Waals surface area contributed by atoms with Crippen LogP contribution in [0.15, 0.2) is 41.6 Å². The molecule has 0 aliphatic heterocycles. The molecule has 130 valence electrons. The van der Waals surface area contributed by atoms with Gasteiger partial charge in [-0.15, -0.1) is 10.2 Å². The first-order valence-electron chi connectivity index (χ1n) is 7.46. The van der Waals surface area contributed by atoms with E-state index in [2.05, 4.69) is 35.4 Å². The third kappa shape index (κ3) is 3.91. The third-order valence-electron chi connectivity index (χ3n) is 3.43. The van der Waals surface area contributed by atoms with Crippen molar-refractivity contribution in [3.8, 4) is 0 Å². The number of nitrogens with one attached hydrogen (secondary N) is 3. The topological polar surface area (TPSA) is 126 Å². The van der Waals surface area contributed by atoms with Crippen molar-refractivity contribution < 1.29 is 8.42 Å². The number of pyridine rings is 1. The number of sulfonamides is 1. The number of hydrogen-bond donors (Lipinski definition) is 3. The maximum absolute atomic E-state index is 12.4. The average molecular weight is 359 g/mol. The van der Waals surface area contributed by atoms with Crippen LogP contribution in [0.2, 0.25) is 0 Å². The van der Waals surface area contributed by atoms with Gasteiger partial charge < -0.3 is 5.32 Å². The zero-order chi connectivity index (χ0) is 17.9. The van der Waals surface area contributed by atoms with E-state index in [1.54, 1.807) is 38.4 Å². The third-order valence-corrected chi connectivity index (χ3v) is 5.05. The van der Waals surface area contributed by atoms with Crippen molar-refractivity contribution in [3.05, 3.63) is 53.6 Å². The number of aryl methyl sites for hydroxylation is 2. The molecule has 3 rings (SSSR count). The highest BCUT2D eigenvalue weighted by atomic mass is 32.2. The number of nitrogens with zero attached hydrogens (tertiary/aromatic N) is 4. The lowest BCUT2D eigenvalue weighted by Crippen LogP contribution is -2.16. The number of aromatic nitrogens is 5. The lowest BCUT2D eigenvalue weighted by Gasteiger charge is -2.08. The van der Waals surface area contributed by atoms with Gasteiger partial charge in [-0.1, -0.05) is 6.07 Å². The lowest BCUT2D eigenvalue weighted by molar-refractivity contribution is 0.600.